The fourth-order valence-corrected chi connectivity index (χ4v) is 1.84. The Labute approximate surface area is 99.5 Å². The second kappa shape index (κ2) is 8.28. The van der Waals surface area contributed by atoms with Crippen LogP contribution >= 0.6 is 0 Å². The van der Waals surface area contributed by atoms with Crippen LogP contribution in [0.3, 0.4) is 0 Å². The van der Waals surface area contributed by atoms with Crippen molar-refractivity contribution in [3.05, 3.63) is 29.6 Å². The first-order chi connectivity index (χ1) is 7.88. The monoisotopic (exact) mass is 220 g/mol. The number of pyridine rings is 1. The van der Waals surface area contributed by atoms with Crippen molar-refractivity contribution >= 4 is 0 Å². The van der Waals surface area contributed by atoms with Gasteiger partial charge in [0.25, 0.3) is 0 Å². The molecule has 0 radical (unpaired) electrons. The van der Waals surface area contributed by atoms with Gasteiger partial charge in [0.2, 0.25) is 0 Å². The number of rotatable bonds is 8. The van der Waals surface area contributed by atoms with Crippen LogP contribution in [-0.4, -0.2) is 11.5 Å². The van der Waals surface area contributed by atoms with E-state index in [1.807, 2.05) is 12.3 Å². The molecule has 1 heterocycles. The van der Waals surface area contributed by atoms with E-state index in [0.29, 0.717) is 0 Å². The van der Waals surface area contributed by atoms with E-state index < -0.39 is 0 Å². The SMILES string of the molecule is CCCCCCNCc1ncccc1CC. The molecule has 0 bridgehead atoms. The van der Waals surface area contributed by atoms with Crippen LogP contribution in [0.2, 0.25) is 0 Å². The Kier molecular flexibility index (Phi) is 6.82. The Morgan fingerprint density at radius 3 is 2.81 bits per heavy atom. The van der Waals surface area contributed by atoms with Gasteiger partial charge in [0.1, 0.15) is 0 Å². The van der Waals surface area contributed by atoms with Crippen molar-refractivity contribution < 1.29 is 0 Å². The van der Waals surface area contributed by atoms with Crippen LogP contribution in [0.15, 0.2) is 18.3 Å². The Morgan fingerprint density at radius 2 is 2.06 bits per heavy atom. The Bertz CT molecular complexity index is 284. The lowest BCUT2D eigenvalue weighted by Crippen LogP contribution is -2.16. The lowest BCUT2D eigenvalue weighted by molar-refractivity contribution is 0.591. The van der Waals surface area contributed by atoms with E-state index in [1.165, 1.54) is 36.9 Å². The maximum absolute atomic E-state index is 4.42. The molecule has 0 spiro atoms. The molecule has 0 saturated heterocycles. The quantitative estimate of drug-likeness (QED) is 0.680. The van der Waals surface area contributed by atoms with Crippen LogP contribution in [0, 0.1) is 0 Å². The molecule has 0 fully saturated rings. The molecule has 1 N–H and O–H groups in total. The molecule has 1 aromatic rings. The van der Waals surface area contributed by atoms with Crippen molar-refractivity contribution in [2.45, 2.75) is 52.5 Å². The number of unbranched alkanes of at least 4 members (excludes halogenated alkanes) is 3. The van der Waals surface area contributed by atoms with Gasteiger partial charge in [-0.05, 0) is 31.0 Å². The van der Waals surface area contributed by atoms with Crippen molar-refractivity contribution in [1.82, 2.24) is 10.3 Å². The summed E-state index contributed by atoms with van der Waals surface area (Å²) in [5.74, 6) is 0. The van der Waals surface area contributed by atoms with Crippen LogP contribution in [0.4, 0.5) is 0 Å². The first-order valence-corrected chi connectivity index (χ1v) is 6.52. The molecular weight excluding hydrogens is 196 g/mol. The van der Waals surface area contributed by atoms with Gasteiger partial charge < -0.3 is 5.32 Å². The predicted octanol–water partition coefficient (Wildman–Crippen LogP) is 3.31. The molecule has 1 rings (SSSR count). The summed E-state index contributed by atoms with van der Waals surface area (Å²) in [6.07, 6.45) is 8.23. The van der Waals surface area contributed by atoms with Crippen LogP contribution in [0.1, 0.15) is 50.8 Å². The Balaban J connectivity index is 2.21. The molecule has 0 amide bonds. The minimum absolute atomic E-state index is 0.913. The zero-order valence-electron chi connectivity index (χ0n) is 10.6. The molecular formula is C14H24N2. The van der Waals surface area contributed by atoms with Gasteiger partial charge >= 0.3 is 0 Å². The largest absolute Gasteiger partial charge is 0.311 e. The molecule has 0 aliphatic carbocycles. The van der Waals surface area contributed by atoms with Gasteiger partial charge in [-0.15, -0.1) is 0 Å². The number of aromatic nitrogens is 1. The third-order valence-corrected chi connectivity index (χ3v) is 2.86. The number of hydrogen-bond donors (Lipinski definition) is 1. The molecule has 0 saturated carbocycles. The van der Waals surface area contributed by atoms with Gasteiger partial charge in [-0.1, -0.05) is 39.2 Å². The molecule has 0 atom stereocenters. The Morgan fingerprint density at radius 1 is 1.19 bits per heavy atom. The molecule has 90 valence electrons. The number of hydrogen-bond acceptors (Lipinski definition) is 2. The summed E-state index contributed by atoms with van der Waals surface area (Å²) in [5.41, 5.74) is 2.57. The second-order valence-electron chi connectivity index (χ2n) is 4.20. The minimum Gasteiger partial charge on any atom is -0.311 e. The highest BCUT2D eigenvalue weighted by atomic mass is 14.9. The molecule has 16 heavy (non-hydrogen) atoms. The maximum atomic E-state index is 4.42. The number of aryl methyl sites for hydroxylation is 1. The minimum atomic E-state index is 0.913. The molecule has 2 nitrogen and oxygen atoms in total. The predicted molar refractivity (Wildman–Crippen MR) is 69.5 cm³/mol. The average Bonchev–Trinajstić information content (AvgIpc) is 2.34. The highest BCUT2D eigenvalue weighted by molar-refractivity contribution is 5.19. The van der Waals surface area contributed by atoms with Crippen LogP contribution in [0.5, 0.6) is 0 Å². The summed E-state index contributed by atoms with van der Waals surface area (Å²) in [6, 6.07) is 4.19. The van der Waals surface area contributed by atoms with E-state index in [1.54, 1.807) is 0 Å². The first-order valence-electron chi connectivity index (χ1n) is 6.52. The normalized spacial score (nSPS) is 10.6. The summed E-state index contributed by atoms with van der Waals surface area (Å²) in [7, 11) is 0. The third-order valence-electron chi connectivity index (χ3n) is 2.86. The lowest BCUT2D eigenvalue weighted by Gasteiger charge is -2.07. The molecule has 1 aromatic heterocycles. The van der Waals surface area contributed by atoms with E-state index >= 15 is 0 Å². The fourth-order valence-electron chi connectivity index (χ4n) is 1.84. The van der Waals surface area contributed by atoms with Crippen molar-refractivity contribution in [2.75, 3.05) is 6.54 Å². The zero-order valence-corrected chi connectivity index (χ0v) is 10.6. The van der Waals surface area contributed by atoms with Gasteiger partial charge in [0, 0.05) is 12.7 Å². The summed E-state index contributed by atoms with van der Waals surface area (Å²) >= 11 is 0. The van der Waals surface area contributed by atoms with Crippen molar-refractivity contribution in [3.63, 3.8) is 0 Å². The highest BCUT2D eigenvalue weighted by Gasteiger charge is 1.99. The topological polar surface area (TPSA) is 24.9 Å². The van der Waals surface area contributed by atoms with Gasteiger partial charge in [-0.2, -0.15) is 0 Å². The smallest absolute Gasteiger partial charge is 0.0573 e. The van der Waals surface area contributed by atoms with Crippen molar-refractivity contribution in [2.24, 2.45) is 0 Å². The third kappa shape index (κ3) is 4.75. The van der Waals surface area contributed by atoms with E-state index in [9.17, 15) is 0 Å². The fraction of sp³-hybridized carbons (Fsp3) is 0.643. The van der Waals surface area contributed by atoms with Crippen LogP contribution < -0.4 is 5.32 Å². The maximum Gasteiger partial charge on any atom is 0.0573 e. The van der Waals surface area contributed by atoms with Crippen LogP contribution in [-0.2, 0) is 13.0 Å². The zero-order chi connectivity index (χ0) is 11.6. The average molecular weight is 220 g/mol. The molecule has 0 aromatic carbocycles. The van der Waals surface area contributed by atoms with Gasteiger partial charge in [0.15, 0.2) is 0 Å². The molecule has 0 aliphatic rings. The second-order valence-corrected chi connectivity index (χ2v) is 4.20. The Hall–Kier alpha value is -0.890. The summed E-state index contributed by atoms with van der Waals surface area (Å²) in [5, 5.41) is 3.47. The van der Waals surface area contributed by atoms with Crippen LogP contribution in [0.25, 0.3) is 0 Å². The summed E-state index contributed by atoms with van der Waals surface area (Å²) in [4.78, 5) is 4.42. The van der Waals surface area contributed by atoms with Gasteiger partial charge in [-0.3, -0.25) is 4.98 Å². The summed E-state index contributed by atoms with van der Waals surface area (Å²) < 4.78 is 0. The van der Waals surface area contributed by atoms with E-state index in [4.69, 9.17) is 0 Å². The van der Waals surface area contributed by atoms with Gasteiger partial charge in [-0.25, -0.2) is 0 Å². The lowest BCUT2D eigenvalue weighted by atomic mass is 10.1. The first kappa shape index (κ1) is 13.2. The van der Waals surface area contributed by atoms with Crippen molar-refractivity contribution in [1.29, 1.82) is 0 Å². The van der Waals surface area contributed by atoms with E-state index in [2.05, 4.69) is 30.2 Å². The van der Waals surface area contributed by atoms with Gasteiger partial charge in [0.05, 0.1) is 5.69 Å². The van der Waals surface area contributed by atoms with E-state index in [0.717, 1.165) is 19.5 Å². The number of nitrogens with zero attached hydrogens (tertiary/aromatic N) is 1. The highest BCUT2D eigenvalue weighted by Crippen LogP contribution is 2.05. The molecule has 2 heteroatoms. The number of nitrogens with one attached hydrogen (secondary N) is 1. The van der Waals surface area contributed by atoms with Crippen molar-refractivity contribution in [3.8, 4) is 0 Å². The standard InChI is InChI=1S/C14H24N2/c1-3-5-6-7-10-15-12-14-13(4-2)9-8-11-16-14/h8-9,11,15H,3-7,10,12H2,1-2H3. The molecule has 0 aliphatic heterocycles. The summed E-state index contributed by atoms with van der Waals surface area (Å²) in [6.45, 7) is 6.45. The van der Waals surface area contributed by atoms with E-state index in [-0.39, 0.29) is 0 Å². The molecule has 0 unspecified atom stereocenters.